The molecule has 1 aromatic rings. The normalized spacial score (nSPS) is 25.3. The average molecular weight is 300 g/mol. The van der Waals surface area contributed by atoms with Crippen LogP contribution in [0.15, 0.2) is 12.1 Å². The second kappa shape index (κ2) is 5.96. The van der Waals surface area contributed by atoms with Crippen molar-refractivity contribution in [2.45, 2.75) is 31.8 Å². The third-order valence-electron chi connectivity index (χ3n) is 4.17. The summed E-state index contributed by atoms with van der Waals surface area (Å²) in [4.78, 5) is 9.27. The van der Waals surface area contributed by atoms with Crippen molar-refractivity contribution >= 4 is 23.2 Å². The Morgan fingerprint density at radius 2 is 2.00 bits per heavy atom. The lowest BCUT2D eigenvalue weighted by Gasteiger charge is -2.25. The molecule has 1 aromatic heterocycles. The number of aromatic nitrogens is 1. The number of hydrogen-bond acceptors (Lipinski definition) is 3. The van der Waals surface area contributed by atoms with Crippen LogP contribution in [0, 0.1) is 0 Å². The van der Waals surface area contributed by atoms with E-state index in [0.717, 1.165) is 31.2 Å². The van der Waals surface area contributed by atoms with Gasteiger partial charge in [-0.1, -0.05) is 29.3 Å². The van der Waals surface area contributed by atoms with E-state index in [0.29, 0.717) is 10.3 Å². The highest BCUT2D eigenvalue weighted by Gasteiger charge is 2.28. The Hall–Kier alpha value is -0.350. The van der Waals surface area contributed by atoms with Crippen LogP contribution in [0.3, 0.4) is 0 Å². The maximum absolute atomic E-state index is 6.17. The molecule has 0 saturated carbocycles. The lowest BCUT2D eigenvalue weighted by molar-refractivity contribution is 0.215. The maximum Gasteiger partial charge on any atom is 0.135 e. The fraction of sp³-hybridized carbons (Fsp3) is 0.643. The van der Waals surface area contributed by atoms with E-state index in [1.54, 1.807) is 0 Å². The highest BCUT2D eigenvalue weighted by molar-refractivity contribution is 6.32. The van der Waals surface area contributed by atoms with Crippen molar-refractivity contribution in [1.29, 1.82) is 0 Å². The highest BCUT2D eigenvalue weighted by atomic mass is 35.5. The van der Waals surface area contributed by atoms with E-state index in [1.807, 2.05) is 12.1 Å². The van der Waals surface area contributed by atoms with Crippen LogP contribution < -0.4 is 0 Å². The Kier molecular flexibility index (Phi) is 4.27. The second-order valence-electron chi connectivity index (χ2n) is 5.50. The SMILES string of the molecule is Clc1ccc(CN2CCCN3CCCC3C2)c(Cl)n1. The molecule has 0 amide bonds. The smallest absolute Gasteiger partial charge is 0.135 e. The van der Waals surface area contributed by atoms with Crippen LogP contribution in [0.25, 0.3) is 0 Å². The molecular weight excluding hydrogens is 281 g/mol. The fourth-order valence-corrected chi connectivity index (χ4v) is 3.63. The van der Waals surface area contributed by atoms with Crippen LogP contribution in [0.4, 0.5) is 0 Å². The van der Waals surface area contributed by atoms with Gasteiger partial charge in [0, 0.05) is 24.7 Å². The molecule has 0 spiro atoms. The van der Waals surface area contributed by atoms with Crippen molar-refractivity contribution in [3.05, 3.63) is 28.0 Å². The van der Waals surface area contributed by atoms with Crippen LogP contribution in [0.1, 0.15) is 24.8 Å². The number of nitrogens with zero attached hydrogens (tertiary/aromatic N) is 3. The van der Waals surface area contributed by atoms with E-state index in [-0.39, 0.29) is 0 Å². The van der Waals surface area contributed by atoms with Gasteiger partial charge in [0.05, 0.1) is 0 Å². The quantitative estimate of drug-likeness (QED) is 0.783. The molecule has 3 rings (SSSR count). The van der Waals surface area contributed by atoms with Crippen LogP contribution in [0.5, 0.6) is 0 Å². The predicted molar refractivity (Wildman–Crippen MR) is 78.7 cm³/mol. The zero-order valence-corrected chi connectivity index (χ0v) is 12.5. The number of rotatable bonds is 2. The molecular formula is C14H19Cl2N3. The van der Waals surface area contributed by atoms with Crippen LogP contribution >= 0.6 is 23.2 Å². The summed E-state index contributed by atoms with van der Waals surface area (Å²) in [6.07, 6.45) is 3.93. The molecule has 3 nitrogen and oxygen atoms in total. The minimum atomic E-state index is 0.464. The summed E-state index contributed by atoms with van der Waals surface area (Å²) in [5, 5.41) is 1.01. The molecule has 1 atom stereocenters. The van der Waals surface area contributed by atoms with Crippen molar-refractivity contribution in [1.82, 2.24) is 14.8 Å². The minimum absolute atomic E-state index is 0.464. The van der Waals surface area contributed by atoms with Crippen LogP contribution in [0.2, 0.25) is 10.3 Å². The van der Waals surface area contributed by atoms with Crippen LogP contribution in [-0.4, -0.2) is 47.0 Å². The fourth-order valence-electron chi connectivity index (χ4n) is 3.23. The average Bonchev–Trinajstić information content (AvgIpc) is 2.72. The third kappa shape index (κ3) is 3.22. The summed E-state index contributed by atoms with van der Waals surface area (Å²) in [6, 6.07) is 4.55. The lowest BCUT2D eigenvalue weighted by atomic mass is 10.2. The van der Waals surface area contributed by atoms with Gasteiger partial charge >= 0.3 is 0 Å². The number of pyridine rings is 1. The Morgan fingerprint density at radius 3 is 2.84 bits per heavy atom. The van der Waals surface area contributed by atoms with Gasteiger partial charge in [0.15, 0.2) is 0 Å². The molecule has 0 radical (unpaired) electrons. The van der Waals surface area contributed by atoms with E-state index in [9.17, 15) is 0 Å². The van der Waals surface area contributed by atoms with Gasteiger partial charge in [-0.05, 0) is 45.0 Å². The second-order valence-corrected chi connectivity index (χ2v) is 6.25. The molecule has 0 bridgehead atoms. The summed E-state index contributed by atoms with van der Waals surface area (Å²) >= 11 is 12.0. The minimum Gasteiger partial charge on any atom is -0.299 e. The molecule has 2 aliphatic heterocycles. The first-order valence-electron chi connectivity index (χ1n) is 7.00. The first-order valence-corrected chi connectivity index (χ1v) is 7.75. The first kappa shape index (κ1) is 13.6. The predicted octanol–water partition coefficient (Wildman–Crippen LogP) is 3.06. The number of halogens is 2. The summed E-state index contributed by atoms with van der Waals surface area (Å²) < 4.78 is 0. The van der Waals surface area contributed by atoms with Crippen molar-refractivity contribution in [2.75, 3.05) is 26.2 Å². The van der Waals surface area contributed by atoms with Gasteiger partial charge in [-0.2, -0.15) is 0 Å². The van der Waals surface area contributed by atoms with Gasteiger partial charge in [-0.25, -0.2) is 4.98 Å². The van der Waals surface area contributed by atoms with Gasteiger partial charge < -0.3 is 0 Å². The van der Waals surface area contributed by atoms with E-state index in [4.69, 9.17) is 23.2 Å². The molecule has 19 heavy (non-hydrogen) atoms. The van der Waals surface area contributed by atoms with Crippen molar-refractivity contribution < 1.29 is 0 Å². The highest BCUT2D eigenvalue weighted by Crippen LogP contribution is 2.24. The van der Waals surface area contributed by atoms with E-state index in [2.05, 4.69) is 14.8 Å². The lowest BCUT2D eigenvalue weighted by Crippen LogP contribution is -2.36. The van der Waals surface area contributed by atoms with Crippen molar-refractivity contribution in [2.24, 2.45) is 0 Å². The van der Waals surface area contributed by atoms with Crippen molar-refractivity contribution in [3.8, 4) is 0 Å². The van der Waals surface area contributed by atoms with E-state index in [1.165, 1.54) is 32.4 Å². The molecule has 2 fully saturated rings. The Balaban J connectivity index is 1.68. The monoisotopic (exact) mass is 299 g/mol. The Morgan fingerprint density at radius 1 is 1.16 bits per heavy atom. The van der Waals surface area contributed by atoms with Gasteiger partial charge in [0.25, 0.3) is 0 Å². The molecule has 104 valence electrons. The molecule has 0 N–H and O–H groups in total. The first-order chi connectivity index (χ1) is 9.22. The Labute approximate surface area is 124 Å². The van der Waals surface area contributed by atoms with Crippen LogP contribution in [-0.2, 0) is 6.54 Å². The van der Waals surface area contributed by atoms with Gasteiger partial charge in [-0.15, -0.1) is 0 Å². The van der Waals surface area contributed by atoms with Gasteiger partial charge in [0.1, 0.15) is 10.3 Å². The largest absolute Gasteiger partial charge is 0.299 e. The maximum atomic E-state index is 6.17. The third-order valence-corrected chi connectivity index (χ3v) is 4.71. The van der Waals surface area contributed by atoms with E-state index >= 15 is 0 Å². The molecule has 1 unspecified atom stereocenters. The molecule has 5 heteroatoms. The zero-order chi connectivity index (χ0) is 13.2. The van der Waals surface area contributed by atoms with Gasteiger partial charge in [-0.3, -0.25) is 9.80 Å². The van der Waals surface area contributed by atoms with Gasteiger partial charge in [0.2, 0.25) is 0 Å². The van der Waals surface area contributed by atoms with Crippen molar-refractivity contribution in [3.63, 3.8) is 0 Å². The standard InChI is InChI=1S/C14H19Cl2N3/c15-13-5-4-11(14(16)17-13)9-18-6-2-8-19-7-1-3-12(19)10-18/h4-5,12H,1-3,6-10H2. The summed E-state index contributed by atoms with van der Waals surface area (Å²) in [5.74, 6) is 0. The molecule has 0 aliphatic carbocycles. The topological polar surface area (TPSA) is 19.4 Å². The molecule has 0 aromatic carbocycles. The number of hydrogen-bond donors (Lipinski definition) is 0. The summed E-state index contributed by atoms with van der Waals surface area (Å²) in [7, 11) is 0. The molecule has 2 aliphatic rings. The summed E-state index contributed by atoms with van der Waals surface area (Å²) in [6.45, 7) is 5.70. The molecule has 2 saturated heterocycles. The Bertz CT molecular complexity index is 452. The number of fused-ring (bicyclic) bond motifs is 1. The van der Waals surface area contributed by atoms with E-state index < -0.39 is 0 Å². The summed E-state index contributed by atoms with van der Waals surface area (Å²) in [5.41, 5.74) is 1.08. The molecule has 3 heterocycles. The zero-order valence-electron chi connectivity index (χ0n) is 11.0.